The van der Waals surface area contributed by atoms with Crippen LogP contribution in [0.3, 0.4) is 0 Å². The number of carbonyl (C=O) groups is 1. The maximum Gasteiger partial charge on any atom is 0.239 e. The number of piperazine rings is 1. The zero-order valence-corrected chi connectivity index (χ0v) is 23.0. The topological polar surface area (TPSA) is 126 Å². The second-order valence-electron chi connectivity index (χ2n) is 10.4. The summed E-state index contributed by atoms with van der Waals surface area (Å²) in [5.74, 6) is 1.47. The van der Waals surface area contributed by atoms with Crippen LogP contribution in [0.1, 0.15) is 25.8 Å². The number of nitrogens with one attached hydrogen (secondary N) is 2. The Morgan fingerprint density at radius 2 is 1.93 bits per heavy atom. The van der Waals surface area contributed by atoms with E-state index in [4.69, 9.17) is 0 Å². The smallest absolute Gasteiger partial charge is 0.239 e. The molecule has 40 heavy (non-hydrogen) atoms. The van der Waals surface area contributed by atoms with Gasteiger partial charge in [-0.2, -0.15) is 5.26 Å². The molecule has 2 saturated heterocycles. The molecule has 5 rings (SSSR count). The summed E-state index contributed by atoms with van der Waals surface area (Å²) in [6.07, 6.45) is 5.92. The highest BCUT2D eigenvalue weighted by Crippen LogP contribution is 2.28. The molecule has 5 heterocycles. The van der Waals surface area contributed by atoms with Gasteiger partial charge in [0.1, 0.15) is 17.7 Å². The molecule has 2 aliphatic rings. The van der Waals surface area contributed by atoms with Crippen LogP contribution in [-0.2, 0) is 4.79 Å². The van der Waals surface area contributed by atoms with E-state index >= 15 is 0 Å². The number of anilines is 4. The van der Waals surface area contributed by atoms with E-state index in [0.29, 0.717) is 47.1 Å². The van der Waals surface area contributed by atoms with E-state index < -0.39 is 0 Å². The average Bonchev–Trinajstić information content (AvgIpc) is 3.40. The third kappa shape index (κ3) is 6.59. The Kier molecular flexibility index (Phi) is 8.28. The van der Waals surface area contributed by atoms with Crippen molar-refractivity contribution in [2.75, 3.05) is 61.3 Å². The molecule has 206 valence electrons. The minimum absolute atomic E-state index is 0.0757. The highest BCUT2D eigenvalue weighted by Gasteiger charge is 2.21. The summed E-state index contributed by atoms with van der Waals surface area (Å²) in [7, 11) is 0. The molecule has 0 aliphatic carbocycles. The van der Waals surface area contributed by atoms with Gasteiger partial charge in [-0.15, -0.1) is 0 Å². The molecule has 0 spiro atoms. The van der Waals surface area contributed by atoms with Crippen LogP contribution in [-0.4, -0.2) is 87.5 Å². The number of hydrogen-bond acceptors (Lipinski definition) is 10. The molecule has 3 aromatic rings. The Morgan fingerprint density at radius 1 is 1.10 bits per heavy atom. The fourth-order valence-electron chi connectivity index (χ4n) is 4.91. The number of carbonyl (C=O) groups excluding carboxylic acids is 1. The largest absolute Gasteiger partial charge is 0.351 e. The van der Waals surface area contributed by atoms with Crippen LogP contribution >= 0.6 is 0 Å². The first-order valence-electron chi connectivity index (χ1n) is 13.5. The van der Waals surface area contributed by atoms with E-state index in [0.717, 1.165) is 56.8 Å². The van der Waals surface area contributed by atoms with Crippen molar-refractivity contribution in [3.63, 3.8) is 0 Å². The summed E-state index contributed by atoms with van der Waals surface area (Å²) in [5.41, 5.74) is 3.69. The van der Waals surface area contributed by atoms with Crippen molar-refractivity contribution in [2.24, 2.45) is 0 Å². The highest BCUT2D eigenvalue weighted by atomic mass is 16.2. The average molecular weight is 539 g/mol. The monoisotopic (exact) mass is 538 g/mol. The lowest BCUT2D eigenvalue weighted by molar-refractivity contribution is -0.117. The summed E-state index contributed by atoms with van der Waals surface area (Å²) >= 11 is 0. The number of rotatable bonds is 8. The Labute approximate surface area is 234 Å². The molecule has 0 unspecified atom stereocenters. The number of pyridine rings is 2. The van der Waals surface area contributed by atoms with Crippen molar-refractivity contribution in [1.82, 2.24) is 29.7 Å². The summed E-state index contributed by atoms with van der Waals surface area (Å²) in [6, 6.07) is 9.93. The Morgan fingerprint density at radius 3 is 2.60 bits per heavy atom. The van der Waals surface area contributed by atoms with Gasteiger partial charge in [0.2, 0.25) is 11.9 Å². The molecule has 0 aromatic carbocycles. The van der Waals surface area contributed by atoms with E-state index in [9.17, 15) is 10.1 Å². The van der Waals surface area contributed by atoms with Crippen molar-refractivity contribution in [3.05, 3.63) is 60.6 Å². The lowest BCUT2D eigenvalue weighted by Crippen LogP contribution is -2.50. The molecule has 2 aliphatic heterocycles. The molecule has 2 fully saturated rings. The Hall–Kier alpha value is -4.40. The third-order valence-electron chi connectivity index (χ3n) is 7.18. The maximum atomic E-state index is 12.5. The van der Waals surface area contributed by atoms with Gasteiger partial charge in [-0.25, -0.2) is 19.9 Å². The van der Waals surface area contributed by atoms with E-state index in [2.05, 4.69) is 71.8 Å². The first-order chi connectivity index (χ1) is 19.4. The molecular weight excluding hydrogens is 504 g/mol. The van der Waals surface area contributed by atoms with Crippen molar-refractivity contribution >= 4 is 29.2 Å². The van der Waals surface area contributed by atoms with Crippen molar-refractivity contribution in [1.29, 1.82) is 5.26 Å². The van der Waals surface area contributed by atoms with Gasteiger partial charge in [0.15, 0.2) is 0 Å². The molecule has 2 N–H and O–H groups in total. The fourth-order valence-corrected chi connectivity index (χ4v) is 4.91. The van der Waals surface area contributed by atoms with Crippen LogP contribution in [0.5, 0.6) is 0 Å². The molecule has 3 aromatic heterocycles. The molecule has 0 radical (unpaired) electrons. The van der Waals surface area contributed by atoms with E-state index in [-0.39, 0.29) is 5.91 Å². The van der Waals surface area contributed by atoms with Crippen LogP contribution in [0.15, 0.2) is 55.0 Å². The SMILES string of the molecule is C=C1CCN(c2ncc(-c3ccnc(Nc4ccc(NC(=O)CN5CCN(C(C)C)CC5)nc4)n3)cc2C#N)C1. The van der Waals surface area contributed by atoms with Crippen LogP contribution in [0.2, 0.25) is 0 Å². The summed E-state index contributed by atoms with van der Waals surface area (Å²) < 4.78 is 0. The van der Waals surface area contributed by atoms with Gasteiger partial charge in [-0.05, 0) is 44.5 Å². The third-order valence-corrected chi connectivity index (χ3v) is 7.18. The predicted molar refractivity (Wildman–Crippen MR) is 155 cm³/mol. The van der Waals surface area contributed by atoms with Gasteiger partial charge in [0, 0.05) is 63.3 Å². The molecule has 11 nitrogen and oxygen atoms in total. The minimum Gasteiger partial charge on any atom is -0.351 e. The van der Waals surface area contributed by atoms with Gasteiger partial charge in [-0.1, -0.05) is 12.2 Å². The number of hydrogen-bond donors (Lipinski definition) is 2. The summed E-state index contributed by atoms with van der Waals surface area (Å²) in [4.78, 5) is 37.0. The first-order valence-corrected chi connectivity index (χ1v) is 13.5. The van der Waals surface area contributed by atoms with Crippen LogP contribution < -0.4 is 15.5 Å². The Bertz CT molecular complexity index is 1410. The molecule has 11 heteroatoms. The normalized spacial score (nSPS) is 16.2. The number of aromatic nitrogens is 4. The highest BCUT2D eigenvalue weighted by molar-refractivity contribution is 5.91. The predicted octanol–water partition coefficient (Wildman–Crippen LogP) is 3.28. The molecule has 0 saturated carbocycles. The van der Waals surface area contributed by atoms with Gasteiger partial charge >= 0.3 is 0 Å². The van der Waals surface area contributed by atoms with Crippen LogP contribution in [0.25, 0.3) is 11.3 Å². The van der Waals surface area contributed by atoms with Crippen molar-refractivity contribution in [3.8, 4) is 17.3 Å². The van der Waals surface area contributed by atoms with Gasteiger partial charge < -0.3 is 15.5 Å². The second-order valence-corrected chi connectivity index (χ2v) is 10.4. The van der Waals surface area contributed by atoms with Gasteiger partial charge in [0.05, 0.1) is 29.7 Å². The molecular formula is C29H34N10O. The lowest BCUT2D eigenvalue weighted by Gasteiger charge is -2.36. The number of nitriles is 1. The maximum absolute atomic E-state index is 12.5. The van der Waals surface area contributed by atoms with Crippen LogP contribution in [0.4, 0.5) is 23.3 Å². The van der Waals surface area contributed by atoms with E-state index in [1.165, 1.54) is 0 Å². The van der Waals surface area contributed by atoms with E-state index in [1.807, 2.05) is 6.07 Å². The fraction of sp³-hybridized carbons (Fsp3) is 0.379. The summed E-state index contributed by atoms with van der Waals surface area (Å²) in [5, 5.41) is 15.8. The van der Waals surface area contributed by atoms with Crippen molar-refractivity contribution in [2.45, 2.75) is 26.3 Å². The number of nitrogens with zero attached hydrogens (tertiary/aromatic N) is 8. The quantitative estimate of drug-likeness (QED) is 0.413. The van der Waals surface area contributed by atoms with Gasteiger partial charge in [0.25, 0.3) is 0 Å². The van der Waals surface area contributed by atoms with Crippen molar-refractivity contribution < 1.29 is 4.79 Å². The summed E-state index contributed by atoms with van der Waals surface area (Å²) in [6.45, 7) is 14.0. The minimum atomic E-state index is -0.0757. The van der Waals surface area contributed by atoms with Crippen LogP contribution in [0, 0.1) is 11.3 Å². The Balaban J connectivity index is 1.18. The zero-order valence-electron chi connectivity index (χ0n) is 23.0. The standard InChI is InChI=1S/C29H34N10O/c1-20(2)38-12-10-37(11-13-38)19-27(40)36-26-5-4-24(17-32-26)34-29-31-8-6-25(35-29)23-14-22(15-30)28(33-16-23)39-9-7-21(3)18-39/h4-6,8,14,16-17,20H,3,7,9-13,18-19H2,1-2H3,(H,31,34,35)(H,32,36,40). The first kappa shape index (κ1) is 27.2. The molecule has 0 atom stereocenters. The molecule has 0 bridgehead atoms. The van der Waals surface area contributed by atoms with Gasteiger partial charge in [-0.3, -0.25) is 14.6 Å². The second kappa shape index (κ2) is 12.2. The zero-order chi connectivity index (χ0) is 28.1. The lowest BCUT2D eigenvalue weighted by atomic mass is 10.1. The van der Waals surface area contributed by atoms with E-state index in [1.54, 1.807) is 36.8 Å². The number of amides is 1. The molecule has 1 amide bonds.